The lowest BCUT2D eigenvalue weighted by atomic mass is 9.95. The normalized spacial score (nSPS) is 29.8. The summed E-state index contributed by atoms with van der Waals surface area (Å²) < 4.78 is 12.9. The topological polar surface area (TPSA) is 71.3 Å². The van der Waals surface area contributed by atoms with E-state index in [-0.39, 0.29) is 18.2 Å². The van der Waals surface area contributed by atoms with Crippen molar-refractivity contribution in [1.29, 1.82) is 0 Å². The summed E-state index contributed by atoms with van der Waals surface area (Å²) in [6, 6.07) is 11.1. The van der Waals surface area contributed by atoms with Crippen molar-refractivity contribution in [2.24, 2.45) is 21.8 Å². The summed E-state index contributed by atoms with van der Waals surface area (Å²) in [5, 5.41) is 4.68. The van der Waals surface area contributed by atoms with Gasteiger partial charge in [-0.25, -0.2) is 9.98 Å². The Morgan fingerprint density at radius 2 is 2.00 bits per heavy atom. The van der Waals surface area contributed by atoms with Gasteiger partial charge in [0.25, 0.3) is 0 Å². The first kappa shape index (κ1) is 24.3. The van der Waals surface area contributed by atoms with Gasteiger partial charge in [0.15, 0.2) is 5.79 Å². The molecule has 2 aromatic rings. The van der Waals surface area contributed by atoms with Crippen molar-refractivity contribution in [3.63, 3.8) is 0 Å². The van der Waals surface area contributed by atoms with Gasteiger partial charge in [0, 0.05) is 30.8 Å². The number of pyridine rings is 1. The summed E-state index contributed by atoms with van der Waals surface area (Å²) in [5.74, 6) is 2.44. The van der Waals surface area contributed by atoms with Gasteiger partial charge in [-0.05, 0) is 87.6 Å². The minimum Gasteiger partial charge on any atom is -0.370 e. The highest BCUT2D eigenvalue weighted by Gasteiger charge is 2.55. The molecule has 0 unspecified atom stereocenters. The summed E-state index contributed by atoms with van der Waals surface area (Å²) in [4.78, 5) is 15.7. The zero-order valence-corrected chi connectivity index (χ0v) is 22.1. The standard InChI is InChI=1S/C30H37N5O2/c1-19-13-14-35(29(19)33-18-31-4)25-16-23(27-28(25)37-30(2,3)36-27)10-8-20-7-9-22-11-12-26(34-24(22)15-20)32-17-21-5-6-21/h7,9,11-15,18,21,23,25,27-28H,1,5-6,8,10,16-17H2,2-4H3,(H,32,34)/b31-18-,33-29+/t23-,25+,27+,28-/m0/s1. The zero-order valence-electron chi connectivity index (χ0n) is 22.1. The van der Waals surface area contributed by atoms with Gasteiger partial charge in [-0.1, -0.05) is 18.7 Å². The van der Waals surface area contributed by atoms with Crippen LogP contribution < -0.4 is 5.32 Å². The van der Waals surface area contributed by atoms with Gasteiger partial charge >= 0.3 is 0 Å². The number of nitrogens with zero attached hydrogens (tertiary/aromatic N) is 4. The van der Waals surface area contributed by atoms with E-state index in [9.17, 15) is 0 Å². The van der Waals surface area contributed by atoms with Crippen molar-refractivity contribution in [1.82, 2.24) is 9.88 Å². The SMILES string of the molecule is C=C1C=CN([C@@H]2C[C@H](CCc3ccc4ccc(NCC5CC5)nc4c3)[C@H]3OC(C)(C)O[C@H]32)/C1=N/C=N\C. The third-order valence-corrected chi connectivity index (χ3v) is 8.00. The molecule has 4 aliphatic rings. The van der Waals surface area contributed by atoms with Crippen LogP contribution in [0.2, 0.25) is 0 Å². The molecule has 2 aliphatic carbocycles. The number of amidine groups is 1. The quantitative estimate of drug-likeness (QED) is 0.392. The number of benzene rings is 1. The van der Waals surface area contributed by atoms with Crippen LogP contribution in [0.25, 0.3) is 10.9 Å². The number of anilines is 1. The van der Waals surface area contributed by atoms with Crippen LogP contribution in [-0.2, 0) is 15.9 Å². The molecule has 2 aliphatic heterocycles. The molecule has 0 spiro atoms. The first-order valence-corrected chi connectivity index (χ1v) is 13.5. The number of nitrogens with one attached hydrogen (secondary N) is 1. The van der Waals surface area contributed by atoms with Crippen LogP contribution >= 0.6 is 0 Å². The lowest BCUT2D eigenvalue weighted by molar-refractivity contribution is -0.160. The molecule has 4 atom stereocenters. The number of fused-ring (bicyclic) bond motifs is 2. The highest BCUT2D eigenvalue weighted by atomic mass is 16.8. The maximum absolute atomic E-state index is 6.46. The lowest BCUT2D eigenvalue weighted by Gasteiger charge is -2.30. The molecule has 7 heteroatoms. The monoisotopic (exact) mass is 499 g/mol. The molecule has 0 radical (unpaired) electrons. The molecular formula is C30H37N5O2. The summed E-state index contributed by atoms with van der Waals surface area (Å²) in [5.41, 5.74) is 3.27. The summed E-state index contributed by atoms with van der Waals surface area (Å²) >= 11 is 0. The molecule has 194 valence electrons. The maximum atomic E-state index is 6.46. The van der Waals surface area contributed by atoms with E-state index in [0.717, 1.165) is 54.5 Å². The van der Waals surface area contributed by atoms with Crippen LogP contribution in [0.4, 0.5) is 5.82 Å². The Morgan fingerprint density at radius 1 is 1.19 bits per heavy atom. The first-order valence-electron chi connectivity index (χ1n) is 13.5. The average Bonchev–Trinajstić information content (AvgIpc) is 3.46. The Hall–Kier alpha value is -3.03. The summed E-state index contributed by atoms with van der Waals surface area (Å²) in [6.45, 7) is 9.23. The third kappa shape index (κ3) is 5.07. The highest BCUT2D eigenvalue weighted by molar-refractivity contribution is 6.06. The van der Waals surface area contributed by atoms with Crippen molar-refractivity contribution < 1.29 is 9.47 Å². The van der Waals surface area contributed by atoms with Crippen LogP contribution in [0.1, 0.15) is 45.1 Å². The second-order valence-corrected chi connectivity index (χ2v) is 11.3. The van der Waals surface area contributed by atoms with Gasteiger partial charge in [-0.3, -0.25) is 4.99 Å². The molecular weight excluding hydrogens is 462 g/mol. The number of rotatable bonds is 8. The van der Waals surface area contributed by atoms with E-state index in [1.165, 1.54) is 23.8 Å². The lowest BCUT2D eigenvalue weighted by Crippen LogP contribution is -2.42. The van der Waals surface area contributed by atoms with E-state index in [1.807, 2.05) is 19.9 Å². The van der Waals surface area contributed by atoms with Gasteiger partial charge in [0.1, 0.15) is 24.1 Å². The second-order valence-electron chi connectivity index (χ2n) is 11.3. The molecule has 6 rings (SSSR count). The van der Waals surface area contributed by atoms with E-state index in [1.54, 1.807) is 13.4 Å². The van der Waals surface area contributed by atoms with Crippen molar-refractivity contribution in [2.75, 3.05) is 18.9 Å². The fourth-order valence-corrected chi connectivity index (χ4v) is 5.96. The fraction of sp³-hybridized carbons (Fsp3) is 0.500. The number of aromatic nitrogens is 1. The van der Waals surface area contributed by atoms with Crippen molar-refractivity contribution in [3.05, 3.63) is 60.3 Å². The number of aliphatic imine (C=N–C) groups is 2. The summed E-state index contributed by atoms with van der Waals surface area (Å²) in [7, 11) is 1.73. The van der Waals surface area contributed by atoms with E-state index in [4.69, 9.17) is 14.5 Å². The Bertz CT molecular complexity index is 1280. The molecule has 1 saturated heterocycles. The van der Waals surface area contributed by atoms with Crippen molar-refractivity contribution in [2.45, 2.75) is 70.0 Å². The average molecular weight is 500 g/mol. The van der Waals surface area contributed by atoms with Gasteiger partial charge in [0.2, 0.25) is 0 Å². The van der Waals surface area contributed by atoms with E-state index >= 15 is 0 Å². The number of aryl methyl sites for hydroxylation is 1. The minimum atomic E-state index is -0.592. The summed E-state index contributed by atoms with van der Waals surface area (Å²) in [6.07, 6.45) is 11.4. The molecule has 0 amide bonds. The number of hydrogen-bond donors (Lipinski definition) is 1. The Kier molecular flexibility index (Phi) is 6.37. The second kappa shape index (κ2) is 9.69. The first-order chi connectivity index (χ1) is 17.9. The van der Waals surface area contributed by atoms with E-state index in [2.05, 4.69) is 63.3 Å². The molecule has 3 fully saturated rings. The number of ether oxygens (including phenoxy) is 2. The van der Waals surface area contributed by atoms with Crippen LogP contribution in [0.5, 0.6) is 0 Å². The van der Waals surface area contributed by atoms with Crippen LogP contribution in [0, 0.1) is 11.8 Å². The van der Waals surface area contributed by atoms with Gasteiger partial charge in [0.05, 0.1) is 17.7 Å². The fourth-order valence-electron chi connectivity index (χ4n) is 5.96. The molecule has 3 heterocycles. The highest BCUT2D eigenvalue weighted by Crippen LogP contribution is 2.46. The van der Waals surface area contributed by atoms with Crippen molar-refractivity contribution >= 4 is 28.9 Å². The van der Waals surface area contributed by atoms with E-state index in [0.29, 0.717) is 5.92 Å². The van der Waals surface area contributed by atoms with Crippen molar-refractivity contribution in [3.8, 4) is 0 Å². The van der Waals surface area contributed by atoms with Gasteiger partial charge in [-0.15, -0.1) is 0 Å². The predicted molar refractivity (Wildman–Crippen MR) is 149 cm³/mol. The molecule has 7 nitrogen and oxygen atoms in total. The molecule has 2 saturated carbocycles. The van der Waals surface area contributed by atoms with Crippen LogP contribution in [0.3, 0.4) is 0 Å². The molecule has 0 bridgehead atoms. The maximum Gasteiger partial charge on any atom is 0.163 e. The Balaban J connectivity index is 1.18. The largest absolute Gasteiger partial charge is 0.370 e. The number of hydrogen-bond acceptors (Lipinski definition) is 5. The van der Waals surface area contributed by atoms with Gasteiger partial charge < -0.3 is 19.7 Å². The predicted octanol–water partition coefficient (Wildman–Crippen LogP) is 5.34. The molecule has 1 aromatic heterocycles. The molecule has 1 N–H and O–H groups in total. The smallest absolute Gasteiger partial charge is 0.163 e. The van der Waals surface area contributed by atoms with Gasteiger partial charge in [-0.2, -0.15) is 0 Å². The third-order valence-electron chi connectivity index (χ3n) is 8.00. The van der Waals surface area contributed by atoms with Crippen LogP contribution in [-0.4, -0.2) is 59.7 Å². The minimum absolute atomic E-state index is 0.0160. The van der Waals surface area contributed by atoms with E-state index < -0.39 is 5.79 Å². The van der Waals surface area contributed by atoms with Crippen LogP contribution in [0.15, 0.2) is 64.7 Å². The molecule has 37 heavy (non-hydrogen) atoms. The zero-order chi connectivity index (χ0) is 25.6. The Morgan fingerprint density at radius 3 is 2.81 bits per heavy atom. The molecule has 1 aromatic carbocycles. The Labute approximate surface area is 219 Å².